The fourth-order valence-corrected chi connectivity index (χ4v) is 1.67. The van der Waals surface area contributed by atoms with Gasteiger partial charge in [-0.1, -0.05) is 13.3 Å². The van der Waals surface area contributed by atoms with E-state index in [0.717, 1.165) is 57.2 Å². The van der Waals surface area contributed by atoms with Crippen molar-refractivity contribution in [3.8, 4) is 0 Å². The van der Waals surface area contributed by atoms with Crippen molar-refractivity contribution in [2.24, 2.45) is 4.99 Å². The van der Waals surface area contributed by atoms with Gasteiger partial charge < -0.3 is 19.8 Å². The number of unbranched alkanes of at least 4 members (excludes halogenated alkanes) is 1. The number of aliphatic imine (C=N–C) groups is 1. The van der Waals surface area contributed by atoms with E-state index in [9.17, 15) is 0 Å². The van der Waals surface area contributed by atoms with Gasteiger partial charge in [-0.05, 0) is 25.5 Å². The summed E-state index contributed by atoms with van der Waals surface area (Å²) in [4.78, 5) is 4.54. The summed E-state index contributed by atoms with van der Waals surface area (Å²) >= 11 is 0. The molecule has 0 spiro atoms. The molecule has 0 unspecified atom stereocenters. The normalized spacial score (nSPS) is 11.0. The number of hydrogen-bond acceptors (Lipinski definition) is 3. The van der Waals surface area contributed by atoms with Gasteiger partial charge in [-0.25, -0.2) is 0 Å². The van der Waals surface area contributed by atoms with Crippen LogP contribution in [0.4, 0.5) is 0 Å². The van der Waals surface area contributed by atoms with Crippen molar-refractivity contribution < 1.29 is 9.15 Å². The number of nitrogens with zero attached hydrogens (tertiary/aromatic N) is 1. The number of furan rings is 1. The van der Waals surface area contributed by atoms with E-state index < -0.39 is 0 Å². The fourth-order valence-electron chi connectivity index (χ4n) is 1.67. The molecule has 0 atom stereocenters. The Hall–Kier alpha value is -0.760. The van der Waals surface area contributed by atoms with Gasteiger partial charge in [-0.15, -0.1) is 24.0 Å². The van der Waals surface area contributed by atoms with E-state index in [2.05, 4.69) is 22.5 Å². The monoisotopic (exact) mass is 409 g/mol. The first-order valence-electron chi connectivity index (χ1n) is 7.49. The van der Waals surface area contributed by atoms with Gasteiger partial charge in [0.25, 0.3) is 0 Å². The molecule has 5 nitrogen and oxygen atoms in total. The lowest BCUT2D eigenvalue weighted by Crippen LogP contribution is -2.40. The molecule has 0 fully saturated rings. The Bertz CT molecular complexity index is 356. The Labute approximate surface area is 144 Å². The summed E-state index contributed by atoms with van der Waals surface area (Å²) in [5.74, 6) is 1.84. The van der Waals surface area contributed by atoms with Crippen molar-refractivity contribution >= 4 is 29.9 Å². The zero-order valence-corrected chi connectivity index (χ0v) is 15.4. The zero-order valence-electron chi connectivity index (χ0n) is 13.1. The summed E-state index contributed by atoms with van der Waals surface area (Å²) < 4.78 is 10.6. The summed E-state index contributed by atoms with van der Waals surface area (Å²) in [7, 11) is 0. The van der Waals surface area contributed by atoms with E-state index in [-0.39, 0.29) is 24.0 Å². The minimum absolute atomic E-state index is 0. The zero-order chi connectivity index (χ0) is 14.5. The lowest BCUT2D eigenvalue weighted by molar-refractivity contribution is 0.152. The van der Waals surface area contributed by atoms with Crippen LogP contribution in [0.1, 0.15) is 32.4 Å². The van der Waals surface area contributed by atoms with Gasteiger partial charge in [-0.2, -0.15) is 0 Å². The van der Waals surface area contributed by atoms with Crippen molar-refractivity contribution in [2.45, 2.75) is 33.1 Å². The molecule has 1 aromatic rings. The van der Waals surface area contributed by atoms with Crippen molar-refractivity contribution in [3.05, 3.63) is 24.2 Å². The molecule has 21 heavy (non-hydrogen) atoms. The third-order valence-electron chi connectivity index (χ3n) is 2.77. The number of halogens is 1. The van der Waals surface area contributed by atoms with Crippen LogP contribution >= 0.6 is 24.0 Å². The number of rotatable bonds is 10. The van der Waals surface area contributed by atoms with E-state index in [0.29, 0.717) is 6.61 Å². The molecule has 0 aliphatic heterocycles. The van der Waals surface area contributed by atoms with Crippen LogP contribution < -0.4 is 10.6 Å². The van der Waals surface area contributed by atoms with Crippen LogP contribution in [0.25, 0.3) is 0 Å². The molecule has 0 aliphatic carbocycles. The lowest BCUT2D eigenvalue weighted by Gasteiger charge is -2.12. The van der Waals surface area contributed by atoms with Gasteiger partial charge >= 0.3 is 0 Å². The Morgan fingerprint density at radius 3 is 2.76 bits per heavy atom. The topological polar surface area (TPSA) is 58.8 Å². The van der Waals surface area contributed by atoms with Crippen LogP contribution in [0.3, 0.4) is 0 Å². The molecule has 0 aromatic carbocycles. The first-order valence-corrected chi connectivity index (χ1v) is 7.49. The molecule has 1 aromatic heterocycles. The summed E-state index contributed by atoms with van der Waals surface area (Å²) in [5, 5.41) is 6.59. The quantitative estimate of drug-likeness (QED) is 0.270. The first-order chi connectivity index (χ1) is 9.86. The summed E-state index contributed by atoms with van der Waals surface area (Å²) in [6, 6.07) is 3.89. The molecule has 0 saturated heterocycles. The van der Waals surface area contributed by atoms with Crippen molar-refractivity contribution in [1.29, 1.82) is 0 Å². The van der Waals surface area contributed by atoms with Crippen molar-refractivity contribution in [3.63, 3.8) is 0 Å². The molecule has 0 amide bonds. The minimum Gasteiger partial charge on any atom is -0.469 e. The average Bonchev–Trinajstić information content (AvgIpc) is 2.96. The molecule has 1 rings (SSSR count). The SMILES string of the molecule is CCCCN=C(NCCOCC)NCCc1ccco1.I. The molecule has 6 heteroatoms. The highest BCUT2D eigenvalue weighted by molar-refractivity contribution is 14.0. The Morgan fingerprint density at radius 2 is 2.10 bits per heavy atom. The molecule has 1 heterocycles. The highest BCUT2D eigenvalue weighted by Crippen LogP contribution is 1.99. The van der Waals surface area contributed by atoms with Gasteiger partial charge in [0.2, 0.25) is 0 Å². The number of ether oxygens (including phenoxy) is 1. The highest BCUT2D eigenvalue weighted by Gasteiger charge is 1.99. The maximum absolute atomic E-state index is 5.31. The van der Waals surface area contributed by atoms with Gasteiger partial charge in [0.1, 0.15) is 5.76 Å². The predicted octanol–water partition coefficient (Wildman–Crippen LogP) is 2.81. The van der Waals surface area contributed by atoms with E-state index in [4.69, 9.17) is 9.15 Å². The highest BCUT2D eigenvalue weighted by atomic mass is 127. The predicted molar refractivity (Wildman–Crippen MR) is 97.5 cm³/mol. The third-order valence-corrected chi connectivity index (χ3v) is 2.77. The number of nitrogens with one attached hydrogen (secondary N) is 2. The Kier molecular flexibility index (Phi) is 13.7. The van der Waals surface area contributed by atoms with Crippen LogP contribution in [0, 0.1) is 0 Å². The molecule has 2 N–H and O–H groups in total. The van der Waals surface area contributed by atoms with E-state index in [1.807, 2.05) is 19.1 Å². The average molecular weight is 409 g/mol. The molecule has 122 valence electrons. The standard InChI is InChI=1S/C15H27N3O2.HI/c1-3-5-9-16-15(18-11-13-19-4-2)17-10-8-14-7-6-12-20-14;/h6-7,12H,3-5,8-11,13H2,1-2H3,(H2,16,17,18);1H. The van der Waals surface area contributed by atoms with E-state index in [1.54, 1.807) is 6.26 Å². The van der Waals surface area contributed by atoms with Gasteiger partial charge in [-0.3, -0.25) is 4.99 Å². The van der Waals surface area contributed by atoms with Crippen LogP contribution in [-0.4, -0.2) is 38.8 Å². The minimum atomic E-state index is 0. The van der Waals surface area contributed by atoms with E-state index in [1.165, 1.54) is 0 Å². The molecular weight excluding hydrogens is 381 g/mol. The fraction of sp³-hybridized carbons (Fsp3) is 0.667. The van der Waals surface area contributed by atoms with Gasteiger partial charge in [0.05, 0.1) is 12.9 Å². The van der Waals surface area contributed by atoms with Crippen molar-refractivity contribution in [2.75, 3.05) is 32.8 Å². The lowest BCUT2D eigenvalue weighted by atomic mass is 10.3. The smallest absolute Gasteiger partial charge is 0.191 e. The van der Waals surface area contributed by atoms with Crippen LogP contribution in [-0.2, 0) is 11.2 Å². The second kappa shape index (κ2) is 14.2. The largest absolute Gasteiger partial charge is 0.469 e. The van der Waals surface area contributed by atoms with Crippen LogP contribution in [0.5, 0.6) is 0 Å². The molecule has 0 radical (unpaired) electrons. The Balaban J connectivity index is 0.00000400. The van der Waals surface area contributed by atoms with Gasteiger partial charge in [0.15, 0.2) is 5.96 Å². The maximum atomic E-state index is 5.31. The second-order valence-electron chi connectivity index (χ2n) is 4.46. The summed E-state index contributed by atoms with van der Waals surface area (Å²) in [6.07, 6.45) is 4.82. The second-order valence-corrected chi connectivity index (χ2v) is 4.46. The number of hydrogen-bond donors (Lipinski definition) is 2. The van der Waals surface area contributed by atoms with Crippen LogP contribution in [0.15, 0.2) is 27.8 Å². The summed E-state index contributed by atoms with van der Waals surface area (Å²) in [5.41, 5.74) is 0. The first kappa shape index (κ1) is 20.2. The maximum Gasteiger partial charge on any atom is 0.191 e. The molecule has 0 aliphatic rings. The number of guanidine groups is 1. The van der Waals surface area contributed by atoms with Crippen molar-refractivity contribution in [1.82, 2.24) is 10.6 Å². The van der Waals surface area contributed by atoms with Gasteiger partial charge in [0, 0.05) is 32.7 Å². The molecule has 0 bridgehead atoms. The third kappa shape index (κ3) is 10.6. The molecule has 0 saturated carbocycles. The summed E-state index contributed by atoms with van der Waals surface area (Å²) in [6.45, 7) is 8.03. The van der Waals surface area contributed by atoms with Crippen LogP contribution in [0.2, 0.25) is 0 Å². The Morgan fingerprint density at radius 1 is 1.29 bits per heavy atom. The molecular formula is C15H28IN3O2. The van der Waals surface area contributed by atoms with E-state index >= 15 is 0 Å².